The van der Waals surface area contributed by atoms with Crippen LogP contribution in [0.2, 0.25) is 0 Å². The Balaban J connectivity index is 2.07. The molecule has 1 aliphatic carbocycles. The van der Waals surface area contributed by atoms with E-state index in [4.69, 9.17) is 10.5 Å². The van der Waals surface area contributed by atoms with E-state index >= 15 is 0 Å². The third-order valence-corrected chi connectivity index (χ3v) is 4.69. The first kappa shape index (κ1) is 14.8. The Morgan fingerprint density at radius 1 is 1.26 bits per heavy atom. The highest BCUT2D eigenvalue weighted by atomic mass is 16.5. The van der Waals surface area contributed by atoms with Crippen LogP contribution in [-0.4, -0.2) is 54.7 Å². The summed E-state index contributed by atoms with van der Waals surface area (Å²) in [4.78, 5) is 14.4. The molecule has 1 heterocycles. The lowest BCUT2D eigenvalue weighted by Gasteiger charge is -2.47. The van der Waals surface area contributed by atoms with Crippen LogP contribution in [0, 0.1) is 0 Å². The molecule has 2 unspecified atom stereocenters. The second-order valence-corrected chi connectivity index (χ2v) is 5.93. The summed E-state index contributed by atoms with van der Waals surface area (Å²) in [6, 6.07) is -0.294. The van der Waals surface area contributed by atoms with Crippen molar-refractivity contribution >= 4 is 5.91 Å². The maximum absolute atomic E-state index is 11.9. The van der Waals surface area contributed by atoms with Crippen molar-refractivity contribution in [3.63, 3.8) is 0 Å². The number of hydrogen-bond acceptors (Lipinski definition) is 4. The van der Waals surface area contributed by atoms with Crippen LogP contribution in [0.25, 0.3) is 0 Å². The molecule has 5 heteroatoms. The van der Waals surface area contributed by atoms with E-state index in [0.717, 1.165) is 39.1 Å². The van der Waals surface area contributed by atoms with Crippen molar-refractivity contribution in [1.29, 1.82) is 0 Å². The van der Waals surface area contributed by atoms with Crippen molar-refractivity contribution in [2.75, 3.05) is 26.3 Å². The van der Waals surface area contributed by atoms with Crippen LogP contribution >= 0.6 is 0 Å². The summed E-state index contributed by atoms with van der Waals surface area (Å²) < 4.78 is 5.45. The molecule has 5 nitrogen and oxygen atoms in total. The van der Waals surface area contributed by atoms with Crippen LogP contribution in [0.1, 0.15) is 39.5 Å². The van der Waals surface area contributed by atoms with E-state index in [1.165, 1.54) is 12.8 Å². The number of nitrogens with zero attached hydrogens (tertiary/aromatic N) is 1. The van der Waals surface area contributed by atoms with Crippen molar-refractivity contribution in [3.8, 4) is 0 Å². The summed E-state index contributed by atoms with van der Waals surface area (Å²) >= 11 is 0. The van der Waals surface area contributed by atoms with Crippen LogP contribution in [0.3, 0.4) is 0 Å². The normalized spacial score (nSPS) is 26.9. The van der Waals surface area contributed by atoms with E-state index in [2.05, 4.69) is 17.1 Å². The lowest BCUT2D eigenvalue weighted by atomic mass is 9.86. The van der Waals surface area contributed by atoms with E-state index < -0.39 is 6.04 Å². The van der Waals surface area contributed by atoms with Gasteiger partial charge in [-0.3, -0.25) is 9.69 Å². The number of amides is 1. The minimum absolute atomic E-state index is 0.0490. The van der Waals surface area contributed by atoms with Crippen molar-refractivity contribution < 1.29 is 9.53 Å². The van der Waals surface area contributed by atoms with Gasteiger partial charge in [0.15, 0.2) is 0 Å². The Morgan fingerprint density at radius 3 is 2.37 bits per heavy atom. The molecule has 0 bridgehead atoms. The molecule has 110 valence electrons. The summed E-state index contributed by atoms with van der Waals surface area (Å²) in [6.07, 6.45) is 4.81. The number of ether oxygens (including phenoxy) is 1. The van der Waals surface area contributed by atoms with Crippen LogP contribution in [0.4, 0.5) is 0 Å². The average Bonchev–Trinajstić information content (AvgIpc) is 2.90. The predicted molar refractivity (Wildman–Crippen MR) is 74.8 cm³/mol. The Labute approximate surface area is 115 Å². The lowest BCUT2D eigenvalue weighted by Crippen LogP contribution is -2.63. The monoisotopic (exact) mass is 269 g/mol. The fourth-order valence-corrected chi connectivity index (χ4v) is 3.50. The summed E-state index contributed by atoms with van der Waals surface area (Å²) in [5.41, 5.74) is 5.76. The van der Waals surface area contributed by atoms with Crippen LogP contribution in [0.5, 0.6) is 0 Å². The quantitative estimate of drug-likeness (QED) is 0.779. The highest BCUT2D eigenvalue weighted by Crippen LogP contribution is 2.38. The van der Waals surface area contributed by atoms with E-state index in [1.807, 2.05) is 0 Å². The van der Waals surface area contributed by atoms with Gasteiger partial charge in [-0.2, -0.15) is 0 Å². The second-order valence-electron chi connectivity index (χ2n) is 5.93. The van der Waals surface area contributed by atoms with Crippen molar-refractivity contribution in [2.45, 2.75) is 57.2 Å². The zero-order chi connectivity index (χ0) is 13.9. The topological polar surface area (TPSA) is 67.6 Å². The molecule has 2 rings (SSSR count). The minimum atomic E-state index is -0.439. The first-order chi connectivity index (χ1) is 9.06. The Hall–Kier alpha value is -0.650. The standard InChI is InChI=1S/C14H27N3O2/c1-11(15)13(18)16-12(2)14(5-3-4-6-14)17-7-9-19-10-8-17/h11-12H,3-10,15H2,1-2H3,(H,16,18). The molecule has 2 atom stereocenters. The number of morpholine rings is 1. The van der Waals surface area contributed by atoms with Gasteiger partial charge in [-0.15, -0.1) is 0 Å². The number of hydrogen-bond donors (Lipinski definition) is 2. The van der Waals surface area contributed by atoms with Gasteiger partial charge in [-0.25, -0.2) is 0 Å². The van der Waals surface area contributed by atoms with Crippen LogP contribution in [0.15, 0.2) is 0 Å². The first-order valence-electron chi connectivity index (χ1n) is 7.45. The largest absolute Gasteiger partial charge is 0.379 e. The SMILES string of the molecule is CC(N)C(=O)NC(C)C1(N2CCOCC2)CCCC1. The number of nitrogens with two attached hydrogens (primary N) is 1. The second kappa shape index (κ2) is 6.20. The fourth-order valence-electron chi connectivity index (χ4n) is 3.50. The van der Waals surface area contributed by atoms with Gasteiger partial charge in [-0.1, -0.05) is 12.8 Å². The average molecular weight is 269 g/mol. The van der Waals surface area contributed by atoms with Gasteiger partial charge in [0.2, 0.25) is 5.91 Å². The third kappa shape index (κ3) is 3.09. The molecule has 1 saturated carbocycles. The number of rotatable bonds is 4. The maximum Gasteiger partial charge on any atom is 0.236 e. The van der Waals surface area contributed by atoms with Gasteiger partial charge < -0.3 is 15.8 Å². The molecule has 2 aliphatic rings. The van der Waals surface area contributed by atoms with Gasteiger partial charge in [0, 0.05) is 24.7 Å². The Bertz CT molecular complexity index is 308. The summed E-state index contributed by atoms with van der Waals surface area (Å²) in [5, 5.41) is 3.11. The molecule has 3 N–H and O–H groups in total. The van der Waals surface area contributed by atoms with Gasteiger partial charge in [0.1, 0.15) is 0 Å². The van der Waals surface area contributed by atoms with Gasteiger partial charge in [-0.05, 0) is 26.7 Å². The first-order valence-corrected chi connectivity index (χ1v) is 7.45. The molecule has 1 amide bonds. The summed E-state index contributed by atoms with van der Waals surface area (Å²) in [5.74, 6) is -0.0490. The minimum Gasteiger partial charge on any atom is -0.379 e. The smallest absolute Gasteiger partial charge is 0.236 e. The summed E-state index contributed by atoms with van der Waals surface area (Å²) in [6.45, 7) is 7.40. The fraction of sp³-hybridized carbons (Fsp3) is 0.929. The highest BCUT2D eigenvalue weighted by molar-refractivity contribution is 5.81. The Kier molecular flexibility index (Phi) is 4.81. The predicted octanol–water partition coefficient (Wildman–Crippen LogP) is 0.483. The lowest BCUT2D eigenvalue weighted by molar-refractivity contribution is -0.124. The highest BCUT2D eigenvalue weighted by Gasteiger charge is 2.45. The maximum atomic E-state index is 11.9. The van der Waals surface area contributed by atoms with Crippen LogP contribution < -0.4 is 11.1 Å². The molecule has 1 saturated heterocycles. The molecule has 0 spiro atoms. The third-order valence-electron chi connectivity index (χ3n) is 4.69. The molecular weight excluding hydrogens is 242 g/mol. The van der Waals surface area contributed by atoms with Crippen LogP contribution in [-0.2, 0) is 9.53 Å². The van der Waals surface area contributed by atoms with Crippen molar-refractivity contribution in [1.82, 2.24) is 10.2 Å². The van der Waals surface area contributed by atoms with Gasteiger partial charge in [0.25, 0.3) is 0 Å². The molecular formula is C14H27N3O2. The molecule has 2 fully saturated rings. The van der Waals surface area contributed by atoms with E-state index in [1.54, 1.807) is 6.92 Å². The Morgan fingerprint density at radius 2 is 1.84 bits per heavy atom. The molecule has 0 aromatic rings. The van der Waals surface area contributed by atoms with E-state index in [0.29, 0.717) is 0 Å². The van der Waals surface area contributed by atoms with Gasteiger partial charge in [0.05, 0.1) is 19.3 Å². The van der Waals surface area contributed by atoms with Crippen molar-refractivity contribution in [3.05, 3.63) is 0 Å². The zero-order valence-corrected chi connectivity index (χ0v) is 12.2. The molecule has 19 heavy (non-hydrogen) atoms. The van der Waals surface area contributed by atoms with Crippen molar-refractivity contribution in [2.24, 2.45) is 5.73 Å². The van der Waals surface area contributed by atoms with E-state index in [9.17, 15) is 4.79 Å². The number of carbonyl (C=O) groups is 1. The number of carbonyl (C=O) groups excluding carboxylic acids is 1. The molecule has 0 aromatic heterocycles. The molecule has 1 aliphatic heterocycles. The van der Waals surface area contributed by atoms with E-state index in [-0.39, 0.29) is 17.5 Å². The summed E-state index contributed by atoms with van der Waals surface area (Å²) in [7, 11) is 0. The molecule has 0 radical (unpaired) electrons. The zero-order valence-electron chi connectivity index (χ0n) is 12.2. The molecule has 0 aromatic carbocycles. The van der Waals surface area contributed by atoms with Gasteiger partial charge >= 0.3 is 0 Å². The number of nitrogens with one attached hydrogen (secondary N) is 1.